The number of halogens is 1. The van der Waals surface area contributed by atoms with Gasteiger partial charge >= 0.3 is 0 Å². The van der Waals surface area contributed by atoms with Gasteiger partial charge in [0.05, 0.1) is 0 Å². The maximum Gasteiger partial charge on any atom is 0.222 e. The fraction of sp³-hybridized carbons (Fsp3) is 0.562. The lowest BCUT2D eigenvalue weighted by Crippen LogP contribution is -2.47. The van der Waals surface area contributed by atoms with E-state index < -0.39 is 0 Å². The summed E-state index contributed by atoms with van der Waals surface area (Å²) >= 11 is 3.42. The Hall–Kier alpha value is -0.870. The number of hydrogen-bond acceptors (Lipinski definition) is 2. The average Bonchev–Trinajstić information content (AvgIpc) is 2.41. The lowest BCUT2D eigenvalue weighted by atomic mass is 9.68. The van der Waals surface area contributed by atoms with Crippen molar-refractivity contribution in [2.45, 2.75) is 32.1 Å². The largest absolute Gasteiger partial charge is 0.345 e. The van der Waals surface area contributed by atoms with Gasteiger partial charge in [-0.15, -0.1) is 0 Å². The molecule has 1 aromatic rings. The summed E-state index contributed by atoms with van der Waals surface area (Å²) in [5.41, 5.74) is 7.25. The number of rotatable bonds is 6. The Morgan fingerprint density at radius 3 is 2.50 bits per heavy atom. The van der Waals surface area contributed by atoms with Crippen molar-refractivity contribution in [1.82, 2.24) is 4.90 Å². The highest BCUT2D eigenvalue weighted by Crippen LogP contribution is 2.40. The highest BCUT2D eigenvalue weighted by atomic mass is 79.9. The van der Waals surface area contributed by atoms with Crippen LogP contribution in [-0.2, 0) is 11.2 Å². The van der Waals surface area contributed by atoms with Gasteiger partial charge in [0.25, 0.3) is 0 Å². The summed E-state index contributed by atoms with van der Waals surface area (Å²) in [6, 6.07) is 8.15. The first-order valence-electron chi connectivity index (χ1n) is 7.23. The third kappa shape index (κ3) is 3.83. The second-order valence-electron chi connectivity index (χ2n) is 5.93. The SMILES string of the molecule is CN(CC1(CN)CCC1)C(=O)CCc1ccc(Br)cc1. The minimum atomic E-state index is 0.196. The van der Waals surface area contributed by atoms with E-state index in [1.165, 1.54) is 12.0 Å². The smallest absolute Gasteiger partial charge is 0.222 e. The quantitative estimate of drug-likeness (QED) is 0.866. The van der Waals surface area contributed by atoms with Crippen molar-refractivity contribution in [2.24, 2.45) is 11.1 Å². The molecule has 0 aromatic heterocycles. The van der Waals surface area contributed by atoms with E-state index in [1.54, 1.807) is 0 Å². The molecule has 1 saturated carbocycles. The van der Waals surface area contributed by atoms with Crippen LogP contribution in [0.25, 0.3) is 0 Å². The summed E-state index contributed by atoms with van der Waals surface area (Å²) in [5.74, 6) is 0.215. The highest BCUT2D eigenvalue weighted by Gasteiger charge is 2.37. The molecule has 3 nitrogen and oxygen atoms in total. The molecule has 1 fully saturated rings. The van der Waals surface area contributed by atoms with Gasteiger partial charge in [-0.3, -0.25) is 4.79 Å². The number of benzene rings is 1. The maximum atomic E-state index is 12.2. The molecule has 0 bridgehead atoms. The van der Waals surface area contributed by atoms with Crippen molar-refractivity contribution >= 4 is 21.8 Å². The molecule has 0 spiro atoms. The third-order valence-electron chi connectivity index (χ3n) is 4.39. The van der Waals surface area contributed by atoms with Gasteiger partial charge in [-0.2, -0.15) is 0 Å². The second-order valence-corrected chi connectivity index (χ2v) is 6.85. The zero-order valence-electron chi connectivity index (χ0n) is 12.1. The fourth-order valence-corrected chi connectivity index (χ4v) is 3.05. The van der Waals surface area contributed by atoms with Crippen LogP contribution in [0.4, 0.5) is 0 Å². The summed E-state index contributed by atoms with van der Waals surface area (Å²) in [4.78, 5) is 14.1. The van der Waals surface area contributed by atoms with Crippen LogP contribution in [0.3, 0.4) is 0 Å². The minimum absolute atomic E-state index is 0.196. The molecule has 0 radical (unpaired) electrons. The lowest BCUT2D eigenvalue weighted by molar-refractivity contribution is -0.132. The minimum Gasteiger partial charge on any atom is -0.345 e. The van der Waals surface area contributed by atoms with Crippen molar-refractivity contribution in [2.75, 3.05) is 20.1 Å². The normalized spacial score (nSPS) is 16.6. The third-order valence-corrected chi connectivity index (χ3v) is 4.92. The van der Waals surface area contributed by atoms with Gasteiger partial charge in [0.1, 0.15) is 0 Å². The topological polar surface area (TPSA) is 46.3 Å². The summed E-state index contributed by atoms with van der Waals surface area (Å²) in [6.07, 6.45) is 4.94. The summed E-state index contributed by atoms with van der Waals surface area (Å²) < 4.78 is 1.07. The van der Waals surface area contributed by atoms with E-state index in [1.807, 2.05) is 24.1 Å². The van der Waals surface area contributed by atoms with E-state index in [0.717, 1.165) is 30.3 Å². The molecule has 4 heteroatoms. The van der Waals surface area contributed by atoms with Crippen molar-refractivity contribution in [3.05, 3.63) is 34.3 Å². The molecule has 1 amide bonds. The van der Waals surface area contributed by atoms with Crippen molar-refractivity contribution in [1.29, 1.82) is 0 Å². The Morgan fingerprint density at radius 1 is 1.35 bits per heavy atom. The van der Waals surface area contributed by atoms with Gasteiger partial charge in [-0.05, 0) is 43.5 Å². The molecule has 1 aromatic carbocycles. The Kier molecular flexibility index (Phi) is 5.22. The molecule has 0 heterocycles. The molecular weight excluding hydrogens is 316 g/mol. The van der Waals surface area contributed by atoms with E-state index in [-0.39, 0.29) is 11.3 Å². The van der Waals surface area contributed by atoms with Gasteiger partial charge in [0.15, 0.2) is 0 Å². The summed E-state index contributed by atoms with van der Waals surface area (Å²) in [6.45, 7) is 1.50. The zero-order chi connectivity index (χ0) is 14.6. The predicted octanol–water partition coefficient (Wildman–Crippen LogP) is 2.97. The first-order chi connectivity index (χ1) is 9.54. The van der Waals surface area contributed by atoms with E-state index in [2.05, 4.69) is 28.1 Å². The Morgan fingerprint density at radius 2 is 2.00 bits per heavy atom. The van der Waals surface area contributed by atoms with Crippen molar-refractivity contribution in [3.63, 3.8) is 0 Å². The van der Waals surface area contributed by atoms with Crippen molar-refractivity contribution in [3.8, 4) is 0 Å². The molecule has 110 valence electrons. The number of nitrogens with two attached hydrogens (primary N) is 1. The van der Waals surface area contributed by atoms with Gasteiger partial charge in [-0.1, -0.05) is 34.5 Å². The number of carbonyl (C=O) groups is 1. The van der Waals surface area contributed by atoms with Crippen LogP contribution >= 0.6 is 15.9 Å². The van der Waals surface area contributed by atoms with Gasteiger partial charge in [0, 0.05) is 29.9 Å². The second kappa shape index (κ2) is 6.72. The average molecular weight is 339 g/mol. The number of carbonyl (C=O) groups excluding carboxylic acids is 1. The molecule has 20 heavy (non-hydrogen) atoms. The summed E-state index contributed by atoms with van der Waals surface area (Å²) in [7, 11) is 1.90. The Labute approximate surface area is 129 Å². The Bertz CT molecular complexity index is 449. The van der Waals surface area contributed by atoms with E-state index in [9.17, 15) is 4.79 Å². The van der Waals surface area contributed by atoms with Gasteiger partial charge in [-0.25, -0.2) is 0 Å². The van der Waals surface area contributed by atoms with Crippen LogP contribution in [0.5, 0.6) is 0 Å². The van der Waals surface area contributed by atoms with Crippen LogP contribution in [0.2, 0.25) is 0 Å². The first kappa shape index (κ1) is 15.5. The predicted molar refractivity (Wildman–Crippen MR) is 85.4 cm³/mol. The van der Waals surface area contributed by atoms with E-state index in [0.29, 0.717) is 13.0 Å². The summed E-state index contributed by atoms with van der Waals surface area (Å²) in [5, 5.41) is 0. The number of hydrogen-bond donors (Lipinski definition) is 1. The van der Waals surface area contributed by atoms with Crippen LogP contribution in [-0.4, -0.2) is 30.9 Å². The molecule has 0 aliphatic heterocycles. The van der Waals surface area contributed by atoms with E-state index in [4.69, 9.17) is 5.73 Å². The lowest BCUT2D eigenvalue weighted by Gasteiger charge is -2.43. The first-order valence-corrected chi connectivity index (χ1v) is 8.02. The number of amides is 1. The van der Waals surface area contributed by atoms with E-state index >= 15 is 0 Å². The molecular formula is C16H23BrN2O. The molecule has 0 unspecified atom stereocenters. The monoisotopic (exact) mass is 338 g/mol. The molecule has 2 N–H and O–H groups in total. The fourth-order valence-electron chi connectivity index (χ4n) is 2.79. The molecule has 1 aliphatic carbocycles. The van der Waals surface area contributed by atoms with Gasteiger partial charge in [0.2, 0.25) is 5.91 Å². The van der Waals surface area contributed by atoms with Crippen LogP contribution < -0.4 is 5.73 Å². The van der Waals surface area contributed by atoms with Gasteiger partial charge < -0.3 is 10.6 Å². The number of aryl methyl sites for hydroxylation is 1. The highest BCUT2D eigenvalue weighted by molar-refractivity contribution is 9.10. The van der Waals surface area contributed by atoms with Crippen LogP contribution in [0.1, 0.15) is 31.2 Å². The van der Waals surface area contributed by atoms with Crippen LogP contribution in [0, 0.1) is 5.41 Å². The zero-order valence-corrected chi connectivity index (χ0v) is 13.7. The molecule has 1 aliphatic rings. The van der Waals surface area contributed by atoms with Crippen LogP contribution in [0.15, 0.2) is 28.7 Å². The molecule has 0 atom stereocenters. The standard InChI is InChI=1S/C16H23BrN2O/c1-19(12-16(11-18)9-2-10-16)15(20)8-5-13-3-6-14(17)7-4-13/h3-4,6-7H,2,5,8-12,18H2,1H3. The maximum absolute atomic E-state index is 12.2. The molecule has 2 rings (SSSR count). The Balaban J connectivity index is 1.80. The van der Waals surface area contributed by atoms with Crippen molar-refractivity contribution < 1.29 is 4.79 Å². The molecule has 0 saturated heterocycles. The number of nitrogens with zero attached hydrogens (tertiary/aromatic N) is 1.